The lowest BCUT2D eigenvalue weighted by Gasteiger charge is -2.19. The molecule has 9 aromatic rings. The summed E-state index contributed by atoms with van der Waals surface area (Å²) in [5.41, 5.74) is 7.16. The SMILES string of the molecule is CP(=O)(c1ccccc1)c1cccc(-c2c3ccccc3c(-c3cccc(-c4nc(-c5ccccc5)nc(-c5ccccc5)n4)c3)c3ccccc23)c1. The number of hydrogen-bond acceptors (Lipinski definition) is 4. The molecular weight excluding hydrogens is 666 g/mol. The molecule has 0 bridgehead atoms. The predicted octanol–water partition coefficient (Wildman–Crippen LogP) is 11.5. The van der Waals surface area contributed by atoms with Crippen molar-refractivity contribution in [3.05, 3.63) is 188 Å². The minimum absolute atomic E-state index is 0.615. The molecule has 1 aromatic heterocycles. The van der Waals surface area contributed by atoms with Crippen molar-refractivity contribution in [2.75, 3.05) is 6.66 Å². The van der Waals surface area contributed by atoms with Crippen molar-refractivity contribution in [1.82, 2.24) is 15.0 Å². The lowest BCUT2D eigenvalue weighted by Crippen LogP contribution is -2.14. The molecule has 0 N–H and O–H groups in total. The highest BCUT2D eigenvalue weighted by Crippen LogP contribution is 2.45. The van der Waals surface area contributed by atoms with Crippen molar-refractivity contribution in [3.63, 3.8) is 0 Å². The number of benzene rings is 8. The molecule has 0 saturated heterocycles. The maximum Gasteiger partial charge on any atom is 0.164 e. The van der Waals surface area contributed by atoms with Gasteiger partial charge in [-0.1, -0.05) is 176 Å². The van der Waals surface area contributed by atoms with Crippen LogP contribution in [0.5, 0.6) is 0 Å². The molecule has 4 nitrogen and oxygen atoms in total. The molecule has 1 unspecified atom stereocenters. The van der Waals surface area contributed by atoms with Crippen LogP contribution >= 0.6 is 7.14 Å². The van der Waals surface area contributed by atoms with Crippen LogP contribution in [0.15, 0.2) is 188 Å². The van der Waals surface area contributed by atoms with Crippen molar-refractivity contribution < 1.29 is 4.57 Å². The first-order valence-corrected chi connectivity index (χ1v) is 19.9. The summed E-state index contributed by atoms with van der Waals surface area (Å²) < 4.78 is 14.3. The Balaban J connectivity index is 1.23. The van der Waals surface area contributed by atoms with Gasteiger partial charge >= 0.3 is 0 Å². The number of rotatable bonds is 7. The zero-order valence-electron chi connectivity index (χ0n) is 29.1. The van der Waals surface area contributed by atoms with Crippen molar-refractivity contribution in [2.45, 2.75) is 0 Å². The fourth-order valence-electron chi connectivity index (χ4n) is 7.29. The lowest BCUT2D eigenvalue weighted by molar-refractivity contribution is 0.590. The van der Waals surface area contributed by atoms with Crippen LogP contribution in [0, 0.1) is 0 Å². The number of hydrogen-bond donors (Lipinski definition) is 0. The molecular formula is C48H34N3OP. The summed E-state index contributed by atoms with van der Waals surface area (Å²) in [4.78, 5) is 14.9. The van der Waals surface area contributed by atoms with Crippen LogP contribution in [0.2, 0.25) is 0 Å². The van der Waals surface area contributed by atoms with Crippen LogP contribution in [0.3, 0.4) is 0 Å². The molecule has 0 saturated carbocycles. The molecule has 0 aliphatic rings. The first kappa shape index (κ1) is 32.4. The predicted molar refractivity (Wildman–Crippen MR) is 221 cm³/mol. The van der Waals surface area contributed by atoms with Gasteiger partial charge in [-0.2, -0.15) is 0 Å². The Labute approximate surface area is 308 Å². The second-order valence-corrected chi connectivity index (χ2v) is 16.2. The van der Waals surface area contributed by atoms with Crippen molar-refractivity contribution in [3.8, 4) is 56.4 Å². The average molecular weight is 700 g/mol. The Morgan fingerprint density at radius 1 is 0.340 bits per heavy atom. The normalized spacial score (nSPS) is 12.5. The van der Waals surface area contributed by atoms with Crippen molar-refractivity contribution in [2.24, 2.45) is 0 Å². The fraction of sp³-hybridized carbons (Fsp3) is 0.0208. The zero-order chi connectivity index (χ0) is 35.8. The Morgan fingerprint density at radius 2 is 0.679 bits per heavy atom. The Morgan fingerprint density at radius 3 is 1.17 bits per heavy atom. The van der Waals surface area contributed by atoms with Gasteiger partial charge in [0.2, 0.25) is 0 Å². The smallest absolute Gasteiger partial charge is 0.164 e. The molecule has 1 atom stereocenters. The summed E-state index contributed by atoms with van der Waals surface area (Å²) in [7, 11) is -2.82. The summed E-state index contributed by atoms with van der Waals surface area (Å²) in [5, 5.41) is 6.23. The largest absolute Gasteiger partial charge is 0.314 e. The number of aromatic nitrogens is 3. The monoisotopic (exact) mass is 699 g/mol. The van der Waals surface area contributed by atoms with Crippen LogP contribution in [-0.2, 0) is 4.57 Å². The van der Waals surface area contributed by atoms with E-state index in [-0.39, 0.29) is 0 Å². The molecule has 252 valence electrons. The van der Waals surface area contributed by atoms with Gasteiger partial charge in [0.1, 0.15) is 7.14 Å². The highest BCUT2D eigenvalue weighted by molar-refractivity contribution is 7.78. The first-order valence-electron chi connectivity index (χ1n) is 17.7. The second-order valence-electron chi connectivity index (χ2n) is 13.3. The zero-order valence-corrected chi connectivity index (χ0v) is 30.0. The van der Waals surface area contributed by atoms with Crippen molar-refractivity contribution >= 4 is 39.3 Å². The molecule has 8 aromatic carbocycles. The van der Waals surface area contributed by atoms with E-state index in [0.29, 0.717) is 17.5 Å². The van der Waals surface area contributed by atoms with Gasteiger partial charge in [0.15, 0.2) is 17.5 Å². The van der Waals surface area contributed by atoms with Crippen LogP contribution in [0.1, 0.15) is 0 Å². The van der Waals surface area contributed by atoms with Crippen LogP contribution in [0.4, 0.5) is 0 Å². The molecule has 0 radical (unpaired) electrons. The summed E-state index contributed by atoms with van der Waals surface area (Å²) in [6.07, 6.45) is 0. The first-order chi connectivity index (χ1) is 26.0. The third kappa shape index (κ3) is 6.04. The molecule has 0 amide bonds. The number of nitrogens with zero attached hydrogens (tertiary/aromatic N) is 3. The number of fused-ring (bicyclic) bond motifs is 2. The van der Waals surface area contributed by atoms with E-state index in [9.17, 15) is 4.57 Å². The van der Waals surface area contributed by atoms with Gasteiger partial charge < -0.3 is 4.57 Å². The molecule has 53 heavy (non-hydrogen) atoms. The third-order valence-corrected chi connectivity index (χ3v) is 12.5. The minimum atomic E-state index is -2.82. The molecule has 0 spiro atoms. The maximum atomic E-state index is 14.3. The molecule has 0 fully saturated rings. The molecule has 1 heterocycles. The van der Waals surface area contributed by atoms with Gasteiger partial charge in [-0.25, -0.2) is 15.0 Å². The van der Waals surface area contributed by atoms with E-state index in [4.69, 9.17) is 15.0 Å². The highest BCUT2D eigenvalue weighted by Gasteiger charge is 2.23. The van der Waals surface area contributed by atoms with Gasteiger partial charge in [-0.15, -0.1) is 0 Å². The Bertz CT molecular complexity index is 2710. The van der Waals surface area contributed by atoms with Gasteiger partial charge in [0.05, 0.1) is 0 Å². The summed E-state index contributed by atoms with van der Waals surface area (Å²) in [6.45, 7) is 1.87. The van der Waals surface area contributed by atoms with Crippen LogP contribution in [0.25, 0.3) is 78.0 Å². The van der Waals surface area contributed by atoms with Gasteiger partial charge in [-0.05, 0) is 62.6 Å². The van der Waals surface area contributed by atoms with Gasteiger partial charge in [-0.3, -0.25) is 0 Å². The quantitative estimate of drug-likeness (QED) is 0.123. The second kappa shape index (κ2) is 13.6. The van der Waals surface area contributed by atoms with E-state index in [2.05, 4.69) is 84.9 Å². The highest BCUT2D eigenvalue weighted by atomic mass is 31.2. The maximum absolute atomic E-state index is 14.3. The topological polar surface area (TPSA) is 55.7 Å². The summed E-state index contributed by atoms with van der Waals surface area (Å²) in [5.74, 6) is 1.88. The van der Waals surface area contributed by atoms with E-state index >= 15 is 0 Å². The molecule has 0 aliphatic heterocycles. The third-order valence-electron chi connectivity index (χ3n) is 9.92. The lowest BCUT2D eigenvalue weighted by atomic mass is 9.85. The van der Waals surface area contributed by atoms with Gasteiger partial charge in [0, 0.05) is 27.3 Å². The van der Waals surface area contributed by atoms with Crippen LogP contribution < -0.4 is 10.6 Å². The minimum Gasteiger partial charge on any atom is -0.314 e. The summed E-state index contributed by atoms with van der Waals surface area (Å²) >= 11 is 0. The van der Waals surface area contributed by atoms with E-state index in [1.54, 1.807) is 0 Å². The standard InChI is InChI=1S/C48H34N3OP/c1-53(52,38-24-9-4-10-25-38)39-26-16-22-36(32-39)45-42-29-13-11-27-40(42)44(41-28-12-14-30-43(41)45)35-21-15-23-37(31-35)48-50-46(33-17-5-2-6-18-33)49-47(51-48)34-19-7-3-8-20-34/h2-32H,1H3. The van der Waals surface area contributed by atoms with Gasteiger partial charge in [0.25, 0.3) is 0 Å². The Hall–Kier alpha value is -6.48. The van der Waals surface area contributed by atoms with Crippen LogP contribution in [-0.4, -0.2) is 21.6 Å². The molecule has 0 aliphatic carbocycles. The van der Waals surface area contributed by atoms with Crippen molar-refractivity contribution in [1.29, 1.82) is 0 Å². The van der Waals surface area contributed by atoms with E-state index in [1.165, 1.54) is 0 Å². The van der Waals surface area contributed by atoms with E-state index in [1.807, 2.05) is 110 Å². The molecule has 9 rings (SSSR count). The summed E-state index contributed by atoms with van der Waals surface area (Å²) in [6, 6.07) is 63.9. The van der Waals surface area contributed by atoms with E-state index < -0.39 is 7.14 Å². The molecule has 5 heteroatoms. The Kier molecular flexibility index (Phi) is 8.31. The average Bonchev–Trinajstić information content (AvgIpc) is 3.23. The van der Waals surface area contributed by atoms with E-state index in [0.717, 1.165) is 71.1 Å². The fourth-order valence-corrected chi connectivity index (χ4v) is 9.09.